The lowest BCUT2D eigenvalue weighted by Gasteiger charge is -2.34. The summed E-state index contributed by atoms with van der Waals surface area (Å²) in [5, 5.41) is 0. The van der Waals surface area contributed by atoms with Crippen molar-refractivity contribution >= 4 is 11.1 Å². The Morgan fingerprint density at radius 3 is 2.57 bits per heavy atom. The van der Waals surface area contributed by atoms with Gasteiger partial charge < -0.3 is 4.98 Å². The minimum atomic E-state index is 0.163. The summed E-state index contributed by atoms with van der Waals surface area (Å²) in [6.45, 7) is 17.4. The maximum Gasteiger partial charge on any atom is 0.0502 e. The Kier molecular flexibility index (Phi) is 4.00. The lowest BCUT2D eigenvalue weighted by Crippen LogP contribution is -2.25. The first-order valence-corrected chi connectivity index (χ1v) is 8.87. The van der Waals surface area contributed by atoms with Crippen molar-refractivity contribution in [1.29, 1.82) is 0 Å². The normalized spacial score (nSPS) is 23.1. The van der Waals surface area contributed by atoms with Crippen LogP contribution in [-0.4, -0.2) is 4.98 Å². The quantitative estimate of drug-likeness (QED) is 0.652. The Labute approximate surface area is 140 Å². The number of H-pyrrole nitrogens is 1. The average molecular weight is 307 g/mol. The standard InChI is InChI=1S/C22H29N/c1-7-10-17-15(9-3)13-22(5,6)19-18(16-11-12-16)20(14(4)8-2)23-21(17)19/h7,9-10,16,23H,1,4,8,11-13H2,2-3,5-6H3/b15-9-,17-10?. The third kappa shape index (κ3) is 2.56. The van der Waals surface area contributed by atoms with E-state index in [2.05, 4.69) is 58.0 Å². The van der Waals surface area contributed by atoms with Gasteiger partial charge in [-0.05, 0) is 66.2 Å². The van der Waals surface area contributed by atoms with Gasteiger partial charge in [-0.25, -0.2) is 0 Å². The zero-order valence-corrected chi connectivity index (χ0v) is 15.1. The van der Waals surface area contributed by atoms with Gasteiger partial charge in [-0.2, -0.15) is 0 Å². The number of hydrogen-bond donors (Lipinski definition) is 1. The molecule has 1 aromatic rings. The lowest BCUT2D eigenvalue weighted by molar-refractivity contribution is 0.511. The maximum atomic E-state index is 4.33. The molecule has 0 atom stereocenters. The van der Waals surface area contributed by atoms with E-state index in [1.165, 1.54) is 46.5 Å². The molecule has 1 heteroatoms. The highest BCUT2D eigenvalue weighted by Crippen LogP contribution is 2.54. The van der Waals surface area contributed by atoms with Crippen molar-refractivity contribution in [3.8, 4) is 0 Å². The molecule has 0 saturated heterocycles. The Morgan fingerprint density at radius 1 is 1.35 bits per heavy atom. The van der Waals surface area contributed by atoms with Crippen molar-refractivity contribution in [2.24, 2.45) is 0 Å². The van der Waals surface area contributed by atoms with Crippen LogP contribution in [0, 0.1) is 0 Å². The number of aromatic amines is 1. The lowest BCUT2D eigenvalue weighted by atomic mass is 9.69. The highest BCUT2D eigenvalue weighted by molar-refractivity contribution is 5.86. The summed E-state index contributed by atoms with van der Waals surface area (Å²) in [6, 6.07) is 0. The molecule has 2 aliphatic rings. The molecule has 1 heterocycles. The smallest absolute Gasteiger partial charge is 0.0502 e. The maximum absolute atomic E-state index is 4.33. The highest BCUT2D eigenvalue weighted by Gasteiger charge is 2.41. The first-order valence-electron chi connectivity index (χ1n) is 8.87. The van der Waals surface area contributed by atoms with Crippen molar-refractivity contribution in [2.45, 2.75) is 64.7 Å². The summed E-state index contributed by atoms with van der Waals surface area (Å²) in [4.78, 5) is 3.77. The summed E-state index contributed by atoms with van der Waals surface area (Å²) in [6.07, 6.45) is 11.1. The van der Waals surface area contributed by atoms with Crippen molar-refractivity contribution in [2.75, 3.05) is 0 Å². The molecule has 122 valence electrons. The molecular formula is C22H29N. The third-order valence-corrected chi connectivity index (χ3v) is 5.36. The van der Waals surface area contributed by atoms with Crippen LogP contribution >= 0.6 is 0 Å². The van der Waals surface area contributed by atoms with Crippen LogP contribution in [0.4, 0.5) is 0 Å². The van der Waals surface area contributed by atoms with E-state index in [0.717, 1.165) is 18.8 Å². The Morgan fingerprint density at radius 2 is 2.04 bits per heavy atom. The van der Waals surface area contributed by atoms with Gasteiger partial charge in [-0.3, -0.25) is 0 Å². The molecule has 1 saturated carbocycles. The van der Waals surface area contributed by atoms with Crippen LogP contribution in [0.3, 0.4) is 0 Å². The SMILES string of the molecule is C=CC=C1/C(=C\C)CC(C)(C)c2c1[nH]c(C(=C)CC)c2C1CC1. The summed E-state index contributed by atoms with van der Waals surface area (Å²) in [5.74, 6) is 0.727. The van der Waals surface area contributed by atoms with E-state index in [0.29, 0.717) is 0 Å². The van der Waals surface area contributed by atoms with Gasteiger partial charge in [0.2, 0.25) is 0 Å². The molecule has 23 heavy (non-hydrogen) atoms. The minimum absolute atomic E-state index is 0.163. The highest BCUT2D eigenvalue weighted by atomic mass is 14.8. The van der Waals surface area contributed by atoms with Crippen LogP contribution in [0.5, 0.6) is 0 Å². The summed E-state index contributed by atoms with van der Waals surface area (Å²) >= 11 is 0. The van der Waals surface area contributed by atoms with Gasteiger partial charge >= 0.3 is 0 Å². The molecule has 0 radical (unpaired) electrons. The molecule has 2 aliphatic carbocycles. The number of allylic oxidation sites excluding steroid dienone is 6. The third-order valence-electron chi connectivity index (χ3n) is 5.36. The first-order chi connectivity index (χ1) is 10.9. The molecule has 0 bridgehead atoms. The van der Waals surface area contributed by atoms with Crippen LogP contribution in [0.1, 0.15) is 81.8 Å². The van der Waals surface area contributed by atoms with Crippen LogP contribution in [0.2, 0.25) is 0 Å². The molecule has 1 N–H and O–H groups in total. The second-order valence-electron chi connectivity index (χ2n) is 7.59. The van der Waals surface area contributed by atoms with Crippen LogP contribution in [-0.2, 0) is 5.41 Å². The van der Waals surface area contributed by atoms with E-state index in [1.807, 2.05) is 6.08 Å². The molecule has 0 amide bonds. The number of fused-ring (bicyclic) bond motifs is 1. The number of nitrogens with one attached hydrogen (secondary N) is 1. The number of hydrogen-bond acceptors (Lipinski definition) is 0. The summed E-state index contributed by atoms with van der Waals surface area (Å²) in [5.41, 5.74) is 9.83. The van der Waals surface area contributed by atoms with E-state index < -0.39 is 0 Å². The van der Waals surface area contributed by atoms with Gasteiger partial charge in [0, 0.05) is 11.3 Å². The van der Waals surface area contributed by atoms with Gasteiger partial charge in [0.1, 0.15) is 0 Å². The largest absolute Gasteiger partial charge is 0.354 e. The molecule has 1 nitrogen and oxygen atoms in total. The topological polar surface area (TPSA) is 15.8 Å². The molecule has 3 rings (SSSR count). The summed E-state index contributed by atoms with van der Waals surface area (Å²) in [7, 11) is 0. The molecule has 1 aromatic heterocycles. The van der Waals surface area contributed by atoms with E-state index in [-0.39, 0.29) is 5.41 Å². The monoisotopic (exact) mass is 307 g/mol. The predicted octanol–water partition coefficient (Wildman–Crippen LogP) is 6.51. The van der Waals surface area contributed by atoms with Crippen molar-refractivity contribution in [1.82, 2.24) is 4.98 Å². The Balaban J connectivity index is 2.32. The Bertz CT molecular complexity index is 717. The number of aromatic nitrogens is 1. The van der Waals surface area contributed by atoms with Crippen LogP contribution in [0.15, 0.2) is 37.0 Å². The minimum Gasteiger partial charge on any atom is -0.354 e. The van der Waals surface area contributed by atoms with Gasteiger partial charge in [0.05, 0.1) is 5.69 Å². The fourth-order valence-electron chi connectivity index (χ4n) is 4.04. The van der Waals surface area contributed by atoms with E-state index in [1.54, 1.807) is 5.56 Å². The zero-order chi connectivity index (χ0) is 16.8. The molecule has 0 aromatic carbocycles. The van der Waals surface area contributed by atoms with E-state index in [9.17, 15) is 0 Å². The number of rotatable bonds is 4. The van der Waals surface area contributed by atoms with Gasteiger partial charge in [-0.15, -0.1) is 0 Å². The fraction of sp³-hybridized carbons (Fsp3) is 0.455. The van der Waals surface area contributed by atoms with Crippen LogP contribution in [0.25, 0.3) is 11.1 Å². The van der Waals surface area contributed by atoms with Gasteiger partial charge in [0.15, 0.2) is 0 Å². The first kappa shape index (κ1) is 16.1. The predicted molar refractivity (Wildman–Crippen MR) is 102 cm³/mol. The molecule has 0 aliphatic heterocycles. The molecule has 1 fully saturated rings. The Hall–Kier alpha value is -1.76. The average Bonchev–Trinajstić information content (AvgIpc) is 3.28. The van der Waals surface area contributed by atoms with Crippen LogP contribution < -0.4 is 0 Å². The molecular weight excluding hydrogens is 278 g/mol. The van der Waals surface area contributed by atoms with Crippen molar-refractivity contribution in [3.05, 3.63) is 59.5 Å². The second kappa shape index (κ2) is 5.70. The van der Waals surface area contributed by atoms with Gasteiger partial charge in [0.25, 0.3) is 0 Å². The van der Waals surface area contributed by atoms with E-state index in [4.69, 9.17) is 0 Å². The van der Waals surface area contributed by atoms with Crippen molar-refractivity contribution in [3.63, 3.8) is 0 Å². The fourth-order valence-corrected chi connectivity index (χ4v) is 4.04. The zero-order valence-electron chi connectivity index (χ0n) is 15.1. The molecule has 0 unspecified atom stereocenters. The van der Waals surface area contributed by atoms with Crippen molar-refractivity contribution < 1.29 is 0 Å². The molecule has 0 spiro atoms. The van der Waals surface area contributed by atoms with Gasteiger partial charge in [-0.1, -0.05) is 52.2 Å². The second-order valence-corrected chi connectivity index (χ2v) is 7.59. The summed E-state index contributed by atoms with van der Waals surface area (Å²) < 4.78 is 0. The van der Waals surface area contributed by atoms with E-state index >= 15 is 0 Å².